The number of carbonyl (C=O) groups is 1. The molecule has 3 rings (SSSR count). The first kappa shape index (κ1) is 17.8. The van der Waals surface area contributed by atoms with Gasteiger partial charge in [-0.2, -0.15) is 0 Å². The average molecular weight is 378 g/mol. The van der Waals surface area contributed by atoms with Crippen molar-refractivity contribution in [1.29, 1.82) is 0 Å². The van der Waals surface area contributed by atoms with Crippen LogP contribution in [0.1, 0.15) is 41.6 Å². The van der Waals surface area contributed by atoms with E-state index in [1.807, 2.05) is 12.1 Å². The lowest BCUT2D eigenvalue weighted by Gasteiger charge is -2.22. The molecule has 0 unspecified atom stereocenters. The molecule has 6 heteroatoms. The van der Waals surface area contributed by atoms with Crippen LogP contribution in [0.3, 0.4) is 0 Å². The second kappa shape index (κ2) is 7.89. The second-order valence-electron chi connectivity index (χ2n) is 5.85. The summed E-state index contributed by atoms with van der Waals surface area (Å²) in [4.78, 5) is 15.4. The number of aldehydes is 1. The summed E-state index contributed by atoms with van der Waals surface area (Å²) in [6, 6.07) is 6.92. The molecule has 0 saturated heterocycles. The molecule has 1 aromatic carbocycles. The van der Waals surface area contributed by atoms with Crippen LogP contribution >= 0.6 is 23.2 Å². The van der Waals surface area contributed by atoms with Gasteiger partial charge in [-0.3, -0.25) is 4.79 Å². The van der Waals surface area contributed by atoms with E-state index in [1.54, 1.807) is 12.3 Å². The van der Waals surface area contributed by atoms with E-state index in [0.29, 0.717) is 23.8 Å². The Bertz CT molecular complexity index is 833. The quantitative estimate of drug-likeness (QED) is 0.566. The fourth-order valence-corrected chi connectivity index (χ4v) is 3.43. The monoisotopic (exact) mass is 377 g/mol. The molecule has 130 valence electrons. The summed E-state index contributed by atoms with van der Waals surface area (Å²) in [6.07, 6.45) is 6.19. The van der Waals surface area contributed by atoms with Crippen LogP contribution in [-0.4, -0.2) is 23.0 Å². The summed E-state index contributed by atoms with van der Waals surface area (Å²) in [5.74, 6) is 0.0499. The summed E-state index contributed by atoms with van der Waals surface area (Å²) in [5.41, 5.74) is 3.27. The summed E-state index contributed by atoms with van der Waals surface area (Å²) < 4.78 is 5.82. The van der Waals surface area contributed by atoms with Gasteiger partial charge in [-0.25, -0.2) is 4.98 Å². The number of carbonyl (C=O) groups excluding carboxylic acids is 1. The van der Waals surface area contributed by atoms with Crippen molar-refractivity contribution in [1.82, 2.24) is 4.98 Å². The second-order valence-corrected chi connectivity index (χ2v) is 6.61. The lowest BCUT2D eigenvalue weighted by molar-refractivity contribution is 0.111. The van der Waals surface area contributed by atoms with E-state index in [1.165, 1.54) is 6.07 Å². The minimum absolute atomic E-state index is 0.0601. The summed E-state index contributed by atoms with van der Waals surface area (Å²) in [5, 5.41) is 10.5. The van der Waals surface area contributed by atoms with Gasteiger partial charge in [0.25, 0.3) is 0 Å². The molecule has 0 aliphatic heterocycles. The third kappa shape index (κ3) is 3.80. The zero-order valence-electron chi connectivity index (χ0n) is 13.5. The van der Waals surface area contributed by atoms with Gasteiger partial charge in [0.1, 0.15) is 23.3 Å². The maximum absolute atomic E-state index is 11.2. The Kier molecular flexibility index (Phi) is 5.61. The Balaban J connectivity index is 1.90. The molecule has 1 N–H and O–H groups in total. The Morgan fingerprint density at radius 1 is 1.20 bits per heavy atom. The van der Waals surface area contributed by atoms with Crippen molar-refractivity contribution in [3.05, 3.63) is 57.3 Å². The third-order valence-corrected chi connectivity index (χ3v) is 4.92. The maximum Gasteiger partial charge on any atom is 0.157 e. The maximum atomic E-state index is 11.2. The van der Waals surface area contributed by atoms with E-state index in [4.69, 9.17) is 27.9 Å². The number of hydrogen-bond acceptors (Lipinski definition) is 4. The van der Waals surface area contributed by atoms with Crippen molar-refractivity contribution in [2.45, 2.75) is 25.7 Å². The van der Waals surface area contributed by atoms with E-state index in [0.717, 1.165) is 42.4 Å². The number of nitrogens with zero attached hydrogens (tertiary/aromatic N) is 1. The molecule has 0 radical (unpaired) electrons. The zero-order chi connectivity index (χ0) is 17.8. The van der Waals surface area contributed by atoms with E-state index in [-0.39, 0.29) is 16.3 Å². The van der Waals surface area contributed by atoms with Crippen molar-refractivity contribution < 1.29 is 14.6 Å². The number of aromatic nitrogens is 1. The Hall–Kier alpha value is -2.04. The van der Waals surface area contributed by atoms with Crippen molar-refractivity contribution in [2.24, 2.45) is 0 Å². The van der Waals surface area contributed by atoms with E-state index >= 15 is 0 Å². The largest absolute Gasteiger partial charge is 0.505 e. The molecule has 0 fully saturated rings. The predicted octanol–water partition coefficient (Wildman–Crippen LogP) is 5.31. The van der Waals surface area contributed by atoms with Crippen molar-refractivity contribution in [3.8, 4) is 11.5 Å². The lowest BCUT2D eigenvalue weighted by atomic mass is 9.88. The van der Waals surface area contributed by atoms with Crippen LogP contribution in [0, 0.1) is 0 Å². The number of allylic oxidation sites excluding steroid dienone is 1. The minimum Gasteiger partial charge on any atom is -0.505 e. The van der Waals surface area contributed by atoms with Gasteiger partial charge in [0.2, 0.25) is 0 Å². The highest BCUT2D eigenvalue weighted by Crippen LogP contribution is 2.37. The first-order valence-corrected chi connectivity index (χ1v) is 8.78. The number of aromatic hydroxyl groups is 1. The van der Waals surface area contributed by atoms with Gasteiger partial charge in [-0.15, -0.1) is 0 Å². The van der Waals surface area contributed by atoms with Crippen molar-refractivity contribution >= 4 is 35.1 Å². The molecular formula is C19H17Cl2NO3. The molecule has 0 amide bonds. The van der Waals surface area contributed by atoms with Gasteiger partial charge in [0.05, 0.1) is 10.6 Å². The number of hydrogen-bond donors (Lipinski definition) is 1. The highest BCUT2D eigenvalue weighted by Gasteiger charge is 2.19. The lowest BCUT2D eigenvalue weighted by Crippen LogP contribution is -2.09. The number of ether oxygens (including phenoxy) is 1. The molecule has 4 nitrogen and oxygen atoms in total. The van der Waals surface area contributed by atoms with Gasteiger partial charge in [0.15, 0.2) is 6.29 Å². The molecule has 2 aromatic rings. The smallest absolute Gasteiger partial charge is 0.157 e. The Morgan fingerprint density at radius 2 is 2.00 bits per heavy atom. The van der Waals surface area contributed by atoms with Crippen molar-refractivity contribution in [2.75, 3.05) is 6.61 Å². The van der Waals surface area contributed by atoms with Gasteiger partial charge in [0, 0.05) is 11.8 Å². The van der Waals surface area contributed by atoms with Crippen molar-refractivity contribution in [3.63, 3.8) is 0 Å². The number of rotatable bonds is 5. The Morgan fingerprint density at radius 3 is 2.76 bits per heavy atom. The van der Waals surface area contributed by atoms with Crippen LogP contribution in [0.25, 0.3) is 5.57 Å². The Labute approximate surface area is 156 Å². The molecule has 0 bridgehead atoms. The zero-order valence-corrected chi connectivity index (χ0v) is 15.0. The van der Waals surface area contributed by atoms with E-state index in [2.05, 4.69) is 4.98 Å². The van der Waals surface area contributed by atoms with Gasteiger partial charge in [-0.05, 0) is 55.0 Å². The van der Waals surface area contributed by atoms with Crippen LogP contribution < -0.4 is 4.74 Å². The normalized spacial score (nSPS) is 14.5. The van der Waals surface area contributed by atoms with Gasteiger partial charge >= 0.3 is 0 Å². The highest BCUT2D eigenvalue weighted by molar-refractivity contribution is 6.32. The first-order chi connectivity index (χ1) is 12.1. The summed E-state index contributed by atoms with van der Waals surface area (Å²) >= 11 is 12.1. The average Bonchev–Trinajstić information content (AvgIpc) is 2.63. The van der Waals surface area contributed by atoms with Crippen LogP contribution in [0.15, 0.2) is 36.0 Å². The number of benzene rings is 1. The molecule has 0 atom stereocenters. The summed E-state index contributed by atoms with van der Waals surface area (Å²) in [6.45, 7) is 0.322. The fraction of sp³-hybridized carbons (Fsp3) is 0.263. The van der Waals surface area contributed by atoms with Crippen LogP contribution in [0.4, 0.5) is 0 Å². The molecule has 1 aromatic heterocycles. The molecule has 0 saturated carbocycles. The molecule has 1 aliphatic carbocycles. The fourth-order valence-electron chi connectivity index (χ4n) is 3.03. The van der Waals surface area contributed by atoms with Gasteiger partial charge in [-0.1, -0.05) is 29.3 Å². The molecule has 1 heterocycles. The number of halogens is 2. The number of phenols is 1. The van der Waals surface area contributed by atoms with Crippen LogP contribution in [-0.2, 0) is 0 Å². The van der Waals surface area contributed by atoms with Crippen LogP contribution in [0.2, 0.25) is 10.2 Å². The SMILES string of the molecule is O=Cc1c(OCC2=C(c3cccnc3Cl)CCCC2)ccc(Cl)c1O. The number of phenolic OH excluding ortho intramolecular Hbond substituents is 1. The first-order valence-electron chi connectivity index (χ1n) is 8.03. The van der Waals surface area contributed by atoms with Crippen LogP contribution in [0.5, 0.6) is 11.5 Å². The number of pyridine rings is 1. The third-order valence-electron chi connectivity index (χ3n) is 4.31. The summed E-state index contributed by atoms with van der Waals surface area (Å²) in [7, 11) is 0. The molecular weight excluding hydrogens is 361 g/mol. The molecule has 0 spiro atoms. The topological polar surface area (TPSA) is 59.4 Å². The molecule has 25 heavy (non-hydrogen) atoms. The standard InChI is InChI=1S/C19H17Cl2NO3/c20-16-7-8-17(15(10-23)18(16)24)25-11-12-4-1-2-5-13(12)14-6-3-9-22-19(14)21/h3,6-10,24H,1-2,4-5,11H2. The highest BCUT2D eigenvalue weighted by atomic mass is 35.5. The van der Waals surface area contributed by atoms with Gasteiger partial charge < -0.3 is 9.84 Å². The van der Waals surface area contributed by atoms with E-state index < -0.39 is 0 Å². The predicted molar refractivity (Wildman–Crippen MR) is 98.6 cm³/mol. The minimum atomic E-state index is -0.262. The van der Waals surface area contributed by atoms with E-state index in [9.17, 15) is 9.90 Å². The molecule has 1 aliphatic rings.